The molecule has 0 saturated heterocycles. The molecule has 2 aromatic carbocycles. The number of guanidine groups is 1. The number of aliphatic imine (C=N–C) groups is 1. The first-order valence-corrected chi connectivity index (χ1v) is 8.23. The fourth-order valence-electron chi connectivity index (χ4n) is 2.69. The number of aryl methyl sites for hydroxylation is 1. The van der Waals surface area contributed by atoms with E-state index in [2.05, 4.69) is 65.1 Å². The van der Waals surface area contributed by atoms with Gasteiger partial charge in [-0.2, -0.15) is 5.10 Å². The Kier molecular flexibility index (Phi) is 7.24. The summed E-state index contributed by atoms with van der Waals surface area (Å²) in [4.78, 5) is 4.73. The van der Waals surface area contributed by atoms with E-state index in [1.807, 2.05) is 17.8 Å². The summed E-state index contributed by atoms with van der Waals surface area (Å²) in [6, 6.07) is 16.8. The Labute approximate surface area is 165 Å². The average Bonchev–Trinajstić information content (AvgIpc) is 3.02. The molecule has 0 atom stereocenters. The highest BCUT2D eigenvalue weighted by Gasteiger charge is 2.03. The van der Waals surface area contributed by atoms with Gasteiger partial charge in [0.15, 0.2) is 5.96 Å². The molecule has 0 fully saturated rings. The summed E-state index contributed by atoms with van der Waals surface area (Å²) in [6.07, 6.45) is 1.80. The highest BCUT2D eigenvalue weighted by Crippen LogP contribution is 2.19. The lowest BCUT2D eigenvalue weighted by molar-refractivity contribution is 0.685. The van der Waals surface area contributed by atoms with E-state index in [1.165, 1.54) is 16.3 Å². The maximum Gasteiger partial charge on any atom is 0.191 e. The molecule has 0 bridgehead atoms. The van der Waals surface area contributed by atoms with Crippen LogP contribution in [0.25, 0.3) is 10.8 Å². The molecule has 3 aromatic rings. The first-order chi connectivity index (χ1) is 11.8. The Bertz CT molecular complexity index is 835. The molecule has 0 aliphatic carbocycles. The van der Waals surface area contributed by atoms with Crippen molar-refractivity contribution in [3.8, 4) is 0 Å². The quantitative estimate of drug-likeness (QED) is 0.357. The predicted molar refractivity (Wildman–Crippen MR) is 114 cm³/mol. The summed E-state index contributed by atoms with van der Waals surface area (Å²) >= 11 is 0. The van der Waals surface area contributed by atoms with E-state index < -0.39 is 0 Å². The van der Waals surface area contributed by atoms with Crippen molar-refractivity contribution in [2.75, 3.05) is 6.54 Å². The molecule has 1 aromatic heterocycles. The molecule has 5 nitrogen and oxygen atoms in total. The molecule has 132 valence electrons. The summed E-state index contributed by atoms with van der Waals surface area (Å²) < 4.78 is 1.86. The smallest absolute Gasteiger partial charge is 0.191 e. The van der Waals surface area contributed by atoms with E-state index in [0.717, 1.165) is 18.2 Å². The molecule has 0 saturated carbocycles. The summed E-state index contributed by atoms with van der Waals surface area (Å²) in [5.74, 6) is 0.812. The number of aromatic nitrogens is 2. The lowest BCUT2D eigenvalue weighted by atomic mass is 10.1. The molecule has 0 unspecified atom stereocenters. The van der Waals surface area contributed by atoms with Gasteiger partial charge in [-0.15, -0.1) is 24.0 Å². The molecule has 0 amide bonds. The van der Waals surface area contributed by atoms with Crippen molar-refractivity contribution in [1.29, 1.82) is 0 Å². The fourth-order valence-corrected chi connectivity index (χ4v) is 2.69. The second-order valence-corrected chi connectivity index (χ2v) is 5.63. The van der Waals surface area contributed by atoms with Crippen molar-refractivity contribution in [2.24, 2.45) is 12.0 Å². The largest absolute Gasteiger partial charge is 0.357 e. The van der Waals surface area contributed by atoms with Gasteiger partial charge in [-0.25, -0.2) is 4.99 Å². The van der Waals surface area contributed by atoms with Gasteiger partial charge in [0.05, 0.1) is 18.8 Å². The standard InChI is InChI=1S/C19H23N5.HI/c1-3-20-19(22-14-17-11-12-23-24(17)2)21-13-16-9-6-8-15-7-4-5-10-18(15)16;/h4-12H,3,13-14H2,1-2H3,(H2,20,21,22);1H. The molecule has 6 heteroatoms. The summed E-state index contributed by atoms with van der Waals surface area (Å²) in [5, 5.41) is 13.3. The van der Waals surface area contributed by atoms with Crippen LogP contribution in [0, 0.1) is 0 Å². The lowest BCUT2D eigenvalue weighted by Crippen LogP contribution is -2.37. The van der Waals surface area contributed by atoms with E-state index in [1.54, 1.807) is 6.20 Å². The zero-order valence-corrected chi connectivity index (χ0v) is 16.9. The van der Waals surface area contributed by atoms with Crippen LogP contribution in [0.5, 0.6) is 0 Å². The van der Waals surface area contributed by atoms with Gasteiger partial charge in [-0.1, -0.05) is 42.5 Å². The number of halogens is 1. The van der Waals surface area contributed by atoms with Gasteiger partial charge in [0.1, 0.15) is 0 Å². The maximum atomic E-state index is 4.73. The van der Waals surface area contributed by atoms with Crippen LogP contribution in [0.3, 0.4) is 0 Å². The normalized spacial score (nSPS) is 11.2. The van der Waals surface area contributed by atoms with Crippen LogP contribution in [-0.4, -0.2) is 22.3 Å². The van der Waals surface area contributed by atoms with Gasteiger partial charge in [0.25, 0.3) is 0 Å². The van der Waals surface area contributed by atoms with E-state index in [9.17, 15) is 0 Å². The minimum absolute atomic E-state index is 0. The predicted octanol–water partition coefficient (Wildman–Crippen LogP) is 3.45. The third kappa shape index (κ3) is 4.94. The molecular weight excluding hydrogens is 425 g/mol. The van der Waals surface area contributed by atoms with E-state index >= 15 is 0 Å². The maximum absolute atomic E-state index is 4.73. The van der Waals surface area contributed by atoms with E-state index in [-0.39, 0.29) is 24.0 Å². The first kappa shape index (κ1) is 19.2. The molecular formula is C19H24IN5. The van der Waals surface area contributed by atoms with Gasteiger partial charge >= 0.3 is 0 Å². The van der Waals surface area contributed by atoms with Gasteiger partial charge in [0, 0.05) is 19.8 Å². The third-order valence-corrected chi connectivity index (χ3v) is 3.99. The Morgan fingerprint density at radius 3 is 2.64 bits per heavy atom. The van der Waals surface area contributed by atoms with Crippen molar-refractivity contribution in [3.63, 3.8) is 0 Å². The van der Waals surface area contributed by atoms with Crippen LogP contribution in [0.15, 0.2) is 59.7 Å². The molecule has 25 heavy (non-hydrogen) atoms. The zero-order chi connectivity index (χ0) is 16.8. The monoisotopic (exact) mass is 449 g/mol. The Morgan fingerprint density at radius 1 is 1.08 bits per heavy atom. The molecule has 0 aliphatic rings. The topological polar surface area (TPSA) is 54.2 Å². The number of hydrogen-bond acceptors (Lipinski definition) is 2. The Morgan fingerprint density at radius 2 is 1.88 bits per heavy atom. The number of benzene rings is 2. The third-order valence-electron chi connectivity index (χ3n) is 3.99. The molecule has 2 N–H and O–H groups in total. The number of nitrogens with zero attached hydrogens (tertiary/aromatic N) is 3. The summed E-state index contributed by atoms with van der Waals surface area (Å²) in [5.41, 5.74) is 2.34. The second kappa shape index (κ2) is 9.41. The van der Waals surface area contributed by atoms with Crippen LogP contribution in [0.2, 0.25) is 0 Å². The average molecular weight is 449 g/mol. The van der Waals surface area contributed by atoms with E-state index in [0.29, 0.717) is 13.1 Å². The number of hydrogen-bond donors (Lipinski definition) is 2. The Hall–Kier alpha value is -2.09. The van der Waals surface area contributed by atoms with Crippen LogP contribution in [-0.2, 0) is 20.1 Å². The highest BCUT2D eigenvalue weighted by molar-refractivity contribution is 14.0. The van der Waals surface area contributed by atoms with Gasteiger partial charge in [-0.05, 0) is 29.3 Å². The minimum atomic E-state index is 0. The van der Waals surface area contributed by atoms with Crippen molar-refractivity contribution < 1.29 is 0 Å². The first-order valence-electron chi connectivity index (χ1n) is 8.23. The number of nitrogens with one attached hydrogen (secondary N) is 2. The fraction of sp³-hybridized carbons (Fsp3) is 0.263. The van der Waals surface area contributed by atoms with Gasteiger partial charge < -0.3 is 10.6 Å². The minimum Gasteiger partial charge on any atom is -0.357 e. The van der Waals surface area contributed by atoms with Gasteiger partial charge in [-0.3, -0.25) is 4.68 Å². The van der Waals surface area contributed by atoms with Crippen LogP contribution in [0.4, 0.5) is 0 Å². The summed E-state index contributed by atoms with van der Waals surface area (Å²) in [7, 11) is 1.94. The zero-order valence-electron chi connectivity index (χ0n) is 14.6. The molecule has 3 rings (SSSR count). The Balaban J connectivity index is 0.00000225. The van der Waals surface area contributed by atoms with E-state index in [4.69, 9.17) is 4.99 Å². The summed E-state index contributed by atoms with van der Waals surface area (Å²) in [6.45, 7) is 4.23. The number of rotatable bonds is 5. The van der Waals surface area contributed by atoms with Crippen molar-refractivity contribution >= 4 is 40.7 Å². The lowest BCUT2D eigenvalue weighted by Gasteiger charge is -2.12. The van der Waals surface area contributed by atoms with Crippen LogP contribution < -0.4 is 10.6 Å². The SMILES string of the molecule is CCNC(=NCc1cccc2ccccc12)NCc1ccnn1C.I. The molecule has 0 spiro atoms. The van der Waals surface area contributed by atoms with Gasteiger partial charge in [0.2, 0.25) is 0 Å². The molecule has 0 radical (unpaired) electrons. The number of fused-ring (bicyclic) bond motifs is 1. The van der Waals surface area contributed by atoms with Crippen molar-refractivity contribution in [2.45, 2.75) is 20.0 Å². The second-order valence-electron chi connectivity index (χ2n) is 5.63. The molecule has 0 aliphatic heterocycles. The van der Waals surface area contributed by atoms with Crippen molar-refractivity contribution in [1.82, 2.24) is 20.4 Å². The van der Waals surface area contributed by atoms with Crippen LogP contribution in [0.1, 0.15) is 18.2 Å². The highest BCUT2D eigenvalue weighted by atomic mass is 127. The molecule has 1 heterocycles. The van der Waals surface area contributed by atoms with Crippen LogP contribution >= 0.6 is 24.0 Å². The van der Waals surface area contributed by atoms with Crippen molar-refractivity contribution in [3.05, 3.63) is 66.0 Å².